The number of pyridine rings is 1. The van der Waals surface area contributed by atoms with Gasteiger partial charge in [-0.2, -0.15) is 4.57 Å². The first-order chi connectivity index (χ1) is 12.6. The summed E-state index contributed by atoms with van der Waals surface area (Å²) in [5, 5.41) is 0. The molecule has 2 heterocycles. The first kappa shape index (κ1) is 17.8. The molecule has 0 atom stereocenters. The molecule has 7 heteroatoms. The van der Waals surface area contributed by atoms with Crippen LogP contribution in [0.3, 0.4) is 0 Å². The topological polar surface area (TPSA) is 74.0 Å². The number of aromatic nitrogens is 3. The van der Waals surface area contributed by atoms with Gasteiger partial charge in [0.1, 0.15) is 0 Å². The number of rotatable bonds is 5. The van der Waals surface area contributed by atoms with Gasteiger partial charge >= 0.3 is 5.69 Å². The van der Waals surface area contributed by atoms with Crippen LogP contribution in [-0.4, -0.2) is 25.9 Å². The highest BCUT2D eigenvalue weighted by Gasteiger charge is 2.19. The van der Waals surface area contributed by atoms with E-state index in [9.17, 15) is 14.4 Å². The van der Waals surface area contributed by atoms with Crippen molar-refractivity contribution in [3.8, 4) is 11.1 Å². The zero-order valence-electron chi connectivity index (χ0n) is 13.8. The minimum absolute atomic E-state index is 0.233. The molecule has 2 aromatic heterocycles. The van der Waals surface area contributed by atoms with E-state index < -0.39 is 17.2 Å². The molecule has 0 saturated carbocycles. The molecule has 0 unspecified atom stereocenters. The summed E-state index contributed by atoms with van der Waals surface area (Å²) in [5.74, 6) is -0.300. The van der Waals surface area contributed by atoms with Crippen LogP contribution in [0.5, 0.6) is 0 Å². The lowest BCUT2D eigenvalue weighted by atomic mass is 10.1. The third-order valence-corrected chi connectivity index (χ3v) is 4.15. The first-order valence-electron chi connectivity index (χ1n) is 8.06. The molecule has 0 aliphatic heterocycles. The Kier molecular flexibility index (Phi) is 5.43. The number of nitrogens with zero attached hydrogens (tertiary/aromatic N) is 3. The molecule has 0 fully saturated rings. The predicted octanol–water partition coefficient (Wildman–Crippen LogP) is 2.39. The summed E-state index contributed by atoms with van der Waals surface area (Å²) in [5.41, 5.74) is -0.317. The minimum atomic E-state index is -0.679. The lowest BCUT2D eigenvalue weighted by Crippen LogP contribution is -2.44. The van der Waals surface area contributed by atoms with E-state index in [0.717, 1.165) is 0 Å². The highest BCUT2D eigenvalue weighted by atomic mass is 35.5. The molecule has 0 bridgehead atoms. The number of halogens is 1. The third-order valence-electron chi connectivity index (χ3n) is 3.88. The molecule has 0 amide bonds. The number of aryl methyl sites for hydroxylation is 1. The van der Waals surface area contributed by atoms with Crippen LogP contribution < -0.4 is 11.2 Å². The molecule has 0 N–H and O–H groups in total. The Hall–Kier alpha value is -2.99. The number of alkyl halides is 1. The second-order valence-corrected chi connectivity index (χ2v) is 5.99. The molecular formula is C19H16ClN3O3. The molecule has 6 nitrogen and oxygen atoms in total. The fourth-order valence-electron chi connectivity index (χ4n) is 2.60. The molecule has 26 heavy (non-hydrogen) atoms. The summed E-state index contributed by atoms with van der Waals surface area (Å²) in [6.07, 6.45) is 5.10. The van der Waals surface area contributed by atoms with E-state index in [1.807, 2.05) is 0 Å². The zero-order valence-corrected chi connectivity index (χ0v) is 14.6. The van der Waals surface area contributed by atoms with Gasteiger partial charge in [0.05, 0.1) is 5.56 Å². The standard InChI is InChI=1S/C19H16ClN3O3/c20-9-5-11-22-13-16(15-8-4-10-21-12-15)18(25)23(19(22)26)17(24)14-6-2-1-3-7-14/h1-4,6-8,10,12-13H,5,9,11H2. The summed E-state index contributed by atoms with van der Waals surface area (Å²) >= 11 is 5.73. The molecule has 0 aliphatic rings. The molecule has 0 aliphatic carbocycles. The first-order valence-corrected chi connectivity index (χ1v) is 8.59. The summed E-state index contributed by atoms with van der Waals surface area (Å²) < 4.78 is 2.01. The average molecular weight is 370 g/mol. The van der Waals surface area contributed by atoms with Gasteiger partial charge in [-0.05, 0) is 24.6 Å². The van der Waals surface area contributed by atoms with E-state index in [0.29, 0.717) is 29.0 Å². The summed E-state index contributed by atoms with van der Waals surface area (Å²) in [6, 6.07) is 11.6. The van der Waals surface area contributed by atoms with E-state index in [2.05, 4.69) is 4.98 Å². The van der Waals surface area contributed by atoms with Crippen molar-refractivity contribution in [1.82, 2.24) is 14.1 Å². The van der Waals surface area contributed by atoms with Gasteiger partial charge in [-0.15, -0.1) is 11.6 Å². The monoisotopic (exact) mass is 369 g/mol. The lowest BCUT2D eigenvalue weighted by Gasteiger charge is -2.12. The molecular weight excluding hydrogens is 354 g/mol. The molecule has 0 spiro atoms. The molecule has 132 valence electrons. The van der Waals surface area contributed by atoms with Gasteiger partial charge in [-0.1, -0.05) is 24.3 Å². The van der Waals surface area contributed by atoms with Crippen LogP contribution in [-0.2, 0) is 6.54 Å². The van der Waals surface area contributed by atoms with Crippen molar-refractivity contribution in [2.24, 2.45) is 0 Å². The fourth-order valence-corrected chi connectivity index (χ4v) is 2.72. The molecule has 1 aromatic carbocycles. The smallest absolute Gasteiger partial charge is 0.299 e. The van der Waals surface area contributed by atoms with E-state index in [1.54, 1.807) is 48.7 Å². The van der Waals surface area contributed by atoms with Crippen LogP contribution >= 0.6 is 11.6 Å². The lowest BCUT2D eigenvalue weighted by molar-refractivity contribution is 0.0948. The second kappa shape index (κ2) is 7.93. The largest absolute Gasteiger partial charge is 0.338 e. The number of carbonyl (C=O) groups is 1. The maximum absolute atomic E-state index is 12.9. The Morgan fingerprint density at radius 2 is 1.85 bits per heavy atom. The average Bonchev–Trinajstić information content (AvgIpc) is 2.69. The van der Waals surface area contributed by atoms with E-state index in [4.69, 9.17) is 11.6 Å². The van der Waals surface area contributed by atoms with Crippen molar-refractivity contribution in [1.29, 1.82) is 0 Å². The van der Waals surface area contributed by atoms with E-state index >= 15 is 0 Å². The quantitative estimate of drug-likeness (QED) is 0.647. The van der Waals surface area contributed by atoms with Gasteiger partial charge in [0.25, 0.3) is 11.5 Å². The molecule has 0 saturated heterocycles. The van der Waals surface area contributed by atoms with E-state index in [1.165, 1.54) is 17.0 Å². The highest BCUT2D eigenvalue weighted by Crippen LogP contribution is 2.12. The van der Waals surface area contributed by atoms with Gasteiger partial charge in [0, 0.05) is 42.1 Å². The number of hydrogen-bond acceptors (Lipinski definition) is 4. The molecule has 0 radical (unpaired) electrons. The number of carbonyl (C=O) groups excluding carboxylic acids is 1. The summed E-state index contributed by atoms with van der Waals surface area (Å²) in [6.45, 7) is 0.304. The minimum Gasteiger partial charge on any atom is -0.299 e. The highest BCUT2D eigenvalue weighted by molar-refractivity contribution is 6.17. The zero-order chi connectivity index (χ0) is 18.5. The maximum Gasteiger partial charge on any atom is 0.338 e. The Bertz CT molecular complexity index is 1030. The summed E-state index contributed by atoms with van der Waals surface area (Å²) in [4.78, 5) is 42.5. The predicted molar refractivity (Wildman–Crippen MR) is 99.7 cm³/mol. The van der Waals surface area contributed by atoms with Crippen LogP contribution in [0.1, 0.15) is 16.8 Å². The SMILES string of the molecule is O=C(c1ccccc1)n1c(=O)c(-c2cccnc2)cn(CCCCl)c1=O. The molecule has 3 aromatic rings. The van der Waals surface area contributed by atoms with Gasteiger partial charge in [0.15, 0.2) is 0 Å². The van der Waals surface area contributed by atoms with Crippen LogP contribution in [0.25, 0.3) is 11.1 Å². The Morgan fingerprint density at radius 1 is 1.08 bits per heavy atom. The van der Waals surface area contributed by atoms with Crippen LogP contribution in [0, 0.1) is 0 Å². The fraction of sp³-hybridized carbons (Fsp3) is 0.158. The Labute approximate surface area is 154 Å². The van der Waals surface area contributed by atoms with E-state index in [-0.39, 0.29) is 11.1 Å². The maximum atomic E-state index is 12.9. The van der Waals surface area contributed by atoms with Crippen molar-refractivity contribution in [3.05, 3.63) is 87.5 Å². The number of hydrogen-bond donors (Lipinski definition) is 0. The van der Waals surface area contributed by atoms with Crippen molar-refractivity contribution in [3.63, 3.8) is 0 Å². The second-order valence-electron chi connectivity index (χ2n) is 5.61. The van der Waals surface area contributed by atoms with Gasteiger partial charge in [0.2, 0.25) is 0 Å². The van der Waals surface area contributed by atoms with Gasteiger partial charge in [-0.25, -0.2) is 4.79 Å². The number of benzene rings is 1. The van der Waals surface area contributed by atoms with Gasteiger partial charge < -0.3 is 0 Å². The van der Waals surface area contributed by atoms with Crippen LogP contribution in [0.15, 0.2) is 70.6 Å². The Balaban J connectivity index is 2.24. The van der Waals surface area contributed by atoms with Crippen molar-refractivity contribution in [2.45, 2.75) is 13.0 Å². The van der Waals surface area contributed by atoms with Crippen molar-refractivity contribution >= 4 is 17.5 Å². The normalized spacial score (nSPS) is 10.7. The van der Waals surface area contributed by atoms with Crippen LogP contribution in [0.2, 0.25) is 0 Å². The Morgan fingerprint density at radius 3 is 2.50 bits per heavy atom. The summed E-state index contributed by atoms with van der Waals surface area (Å²) in [7, 11) is 0. The van der Waals surface area contributed by atoms with Crippen molar-refractivity contribution < 1.29 is 4.79 Å². The third kappa shape index (κ3) is 3.50. The molecule has 3 rings (SSSR count). The van der Waals surface area contributed by atoms with Crippen molar-refractivity contribution in [2.75, 3.05) is 5.88 Å². The van der Waals surface area contributed by atoms with Crippen LogP contribution in [0.4, 0.5) is 0 Å². The van der Waals surface area contributed by atoms with Gasteiger partial charge in [-0.3, -0.25) is 19.1 Å².